The number of thioether (sulfide) groups is 1. The Kier molecular flexibility index (Phi) is 8.44. The number of amides is 2. The fourth-order valence-electron chi connectivity index (χ4n) is 2.79. The van der Waals surface area contributed by atoms with E-state index in [1.54, 1.807) is 24.3 Å². The lowest BCUT2D eigenvalue weighted by Crippen LogP contribution is -2.34. The van der Waals surface area contributed by atoms with Crippen LogP contribution in [0.25, 0.3) is 6.08 Å². The number of esters is 1. The van der Waals surface area contributed by atoms with Gasteiger partial charge >= 0.3 is 5.97 Å². The van der Waals surface area contributed by atoms with Crippen LogP contribution in [-0.4, -0.2) is 42.3 Å². The van der Waals surface area contributed by atoms with Crippen molar-refractivity contribution in [3.63, 3.8) is 0 Å². The minimum atomic E-state index is -0.663. The zero-order chi connectivity index (χ0) is 23.3. The summed E-state index contributed by atoms with van der Waals surface area (Å²) in [6.45, 7) is 2.20. The lowest BCUT2D eigenvalue weighted by atomic mass is 10.1. The van der Waals surface area contributed by atoms with Gasteiger partial charge in [-0.15, -0.1) is 0 Å². The molecule has 7 nitrogen and oxygen atoms in total. The van der Waals surface area contributed by atoms with Gasteiger partial charge in [0.1, 0.15) is 13.2 Å². The van der Waals surface area contributed by atoms with E-state index in [1.807, 2.05) is 25.1 Å². The predicted molar refractivity (Wildman–Crippen MR) is 131 cm³/mol. The zero-order valence-corrected chi connectivity index (χ0v) is 21.0. The smallest absolute Gasteiger partial charge is 0.325 e. The first kappa shape index (κ1) is 24.4. The first-order valence-corrected chi connectivity index (χ1v) is 11.8. The van der Waals surface area contributed by atoms with Gasteiger partial charge in [0, 0.05) is 5.02 Å². The third-order valence-electron chi connectivity index (χ3n) is 4.31. The van der Waals surface area contributed by atoms with Crippen molar-refractivity contribution in [1.82, 2.24) is 4.90 Å². The summed E-state index contributed by atoms with van der Waals surface area (Å²) in [5, 5.41) is 0.132. The van der Waals surface area contributed by atoms with Crippen LogP contribution in [0, 0.1) is 3.57 Å². The maximum absolute atomic E-state index is 12.6. The Morgan fingerprint density at radius 1 is 1.19 bits per heavy atom. The van der Waals surface area contributed by atoms with E-state index in [0.717, 1.165) is 25.8 Å². The lowest BCUT2D eigenvalue weighted by molar-refractivity contribution is -0.143. The molecule has 0 saturated carbocycles. The minimum Gasteiger partial charge on any atom is -0.490 e. The second-order valence-corrected chi connectivity index (χ2v) is 9.11. The van der Waals surface area contributed by atoms with Gasteiger partial charge in [-0.2, -0.15) is 0 Å². The Labute approximate surface area is 208 Å². The van der Waals surface area contributed by atoms with Crippen molar-refractivity contribution >= 4 is 69.1 Å². The Morgan fingerprint density at radius 2 is 1.91 bits per heavy atom. The molecule has 2 aromatic carbocycles. The Hall–Kier alpha value is -2.24. The Morgan fingerprint density at radius 3 is 2.56 bits per heavy atom. The molecule has 0 unspecified atom stereocenters. The monoisotopic (exact) mass is 587 g/mol. The van der Waals surface area contributed by atoms with Crippen molar-refractivity contribution in [2.45, 2.75) is 13.5 Å². The molecule has 1 fully saturated rings. The Balaban J connectivity index is 1.83. The second-order valence-electron chi connectivity index (χ2n) is 6.52. The molecule has 2 aromatic rings. The number of carbonyl (C=O) groups excluding carboxylic acids is 3. The average molecular weight is 588 g/mol. The van der Waals surface area contributed by atoms with Crippen LogP contribution in [0.4, 0.5) is 4.79 Å². The number of imide groups is 1. The number of carbonyl (C=O) groups is 3. The van der Waals surface area contributed by atoms with Crippen molar-refractivity contribution in [3.05, 3.63) is 61.0 Å². The Bertz CT molecular complexity index is 1070. The van der Waals surface area contributed by atoms with Crippen LogP contribution in [0.3, 0.4) is 0 Å². The van der Waals surface area contributed by atoms with Crippen LogP contribution < -0.4 is 9.47 Å². The maximum atomic E-state index is 12.6. The number of benzene rings is 2. The van der Waals surface area contributed by atoms with Crippen molar-refractivity contribution in [1.29, 1.82) is 0 Å². The summed E-state index contributed by atoms with van der Waals surface area (Å²) in [6, 6.07) is 10.9. The zero-order valence-electron chi connectivity index (χ0n) is 17.2. The summed E-state index contributed by atoms with van der Waals surface area (Å²) < 4.78 is 17.1. The van der Waals surface area contributed by atoms with E-state index in [-0.39, 0.29) is 4.91 Å². The molecule has 0 radical (unpaired) electrons. The van der Waals surface area contributed by atoms with E-state index in [0.29, 0.717) is 35.3 Å². The summed E-state index contributed by atoms with van der Waals surface area (Å²) in [5.74, 6) is -0.0999. The van der Waals surface area contributed by atoms with Crippen LogP contribution in [0.1, 0.15) is 18.1 Å². The van der Waals surface area contributed by atoms with E-state index >= 15 is 0 Å². The molecule has 3 rings (SSSR count). The molecule has 0 spiro atoms. The van der Waals surface area contributed by atoms with Gasteiger partial charge in [-0.25, -0.2) is 0 Å². The fraction of sp³-hybridized carbons (Fsp3) is 0.227. The predicted octanol–water partition coefficient (Wildman–Crippen LogP) is 5.13. The van der Waals surface area contributed by atoms with Crippen LogP contribution in [0.2, 0.25) is 5.02 Å². The van der Waals surface area contributed by atoms with E-state index in [4.69, 9.17) is 21.1 Å². The number of methoxy groups -OCH3 is 1. The van der Waals surface area contributed by atoms with E-state index in [2.05, 4.69) is 27.3 Å². The molecule has 10 heteroatoms. The molecule has 32 heavy (non-hydrogen) atoms. The topological polar surface area (TPSA) is 82.1 Å². The van der Waals surface area contributed by atoms with Gasteiger partial charge in [-0.3, -0.25) is 19.3 Å². The summed E-state index contributed by atoms with van der Waals surface area (Å²) in [6.07, 6.45) is 1.59. The van der Waals surface area contributed by atoms with Crippen LogP contribution >= 0.6 is 46.0 Å². The highest BCUT2D eigenvalue weighted by Gasteiger charge is 2.36. The van der Waals surface area contributed by atoms with Gasteiger partial charge in [-0.05, 0) is 82.7 Å². The average Bonchev–Trinajstić information content (AvgIpc) is 3.01. The quantitative estimate of drug-likeness (QED) is 0.241. The molecule has 1 saturated heterocycles. The normalized spacial score (nSPS) is 14.8. The molecular weight excluding hydrogens is 569 g/mol. The summed E-state index contributed by atoms with van der Waals surface area (Å²) >= 11 is 8.84. The first-order chi connectivity index (χ1) is 15.3. The van der Waals surface area contributed by atoms with Gasteiger partial charge in [0.15, 0.2) is 11.5 Å². The molecule has 2 amide bonds. The second kappa shape index (κ2) is 11.1. The summed E-state index contributed by atoms with van der Waals surface area (Å²) in [5.41, 5.74) is 1.62. The highest BCUT2D eigenvalue weighted by Crippen LogP contribution is 2.38. The third-order valence-corrected chi connectivity index (χ3v) is 6.28. The van der Waals surface area contributed by atoms with Crippen LogP contribution in [-0.2, 0) is 20.9 Å². The van der Waals surface area contributed by atoms with Crippen molar-refractivity contribution < 1.29 is 28.6 Å². The van der Waals surface area contributed by atoms with Gasteiger partial charge in [0.05, 0.1) is 22.2 Å². The number of halogens is 2. The molecule has 0 N–H and O–H groups in total. The summed E-state index contributed by atoms with van der Waals surface area (Å²) in [4.78, 5) is 37.2. The van der Waals surface area contributed by atoms with E-state index < -0.39 is 23.7 Å². The molecule has 1 aliphatic rings. The van der Waals surface area contributed by atoms with Crippen molar-refractivity contribution in [2.75, 3.05) is 20.3 Å². The van der Waals surface area contributed by atoms with Crippen LogP contribution in [0.5, 0.6) is 11.5 Å². The van der Waals surface area contributed by atoms with E-state index in [1.165, 1.54) is 7.11 Å². The lowest BCUT2D eigenvalue weighted by Gasteiger charge is -2.15. The molecular formula is C22H19ClINO6S. The largest absolute Gasteiger partial charge is 0.490 e. The molecule has 168 valence electrons. The van der Waals surface area contributed by atoms with Crippen LogP contribution in [0.15, 0.2) is 41.3 Å². The van der Waals surface area contributed by atoms with Gasteiger partial charge in [-0.1, -0.05) is 23.7 Å². The number of hydrogen-bond donors (Lipinski definition) is 0. The number of nitrogens with zero attached hydrogens (tertiary/aromatic N) is 1. The van der Waals surface area contributed by atoms with Gasteiger partial charge in [0.25, 0.3) is 11.1 Å². The first-order valence-electron chi connectivity index (χ1n) is 9.48. The van der Waals surface area contributed by atoms with Crippen molar-refractivity contribution in [2.24, 2.45) is 0 Å². The third kappa shape index (κ3) is 5.96. The molecule has 1 aliphatic heterocycles. The minimum absolute atomic E-state index is 0.215. The molecule has 1 heterocycles. The van der Waals surface area contributed by atoms with Gasteiger partial charge < -0.3 is 14.2 Å². The number of rotatable bonds is 8. The highest BCUT2D eigenvalue weighted by atomic mass is 127. The van der Waals surface area contributed by atoms with Gasteiger partial charge in [0.2, 0.25) is 0 Å². The summed E-state index contributed by atoms with van der Waals surface area (Å²) in [7, 11) is 1.20. The molecule has 0 aliphatic carbocycles. The number of hydrogen-bond acceptors (Lipinski definition) is 7. The van der Waals surface area contributed by atoms with Crippen molar-refractivity contribution in [3.8, 4) is 11.5 Å². The standard InChI is InChI=1S/C22H19ClINO6S/c1-3-30-17-9-14(10-18-21(27)25(22(28)32-18)11-19(26)29-2)8-16(24)20(17)31-12-13-4-6-15(23)7-5-13/h4-10H,3,11-12H2,1-2H3/b18-10+. The number of ether oxygens (including phenoxy) is 3. The fourth-order valence-corrected chi connectivity index (χ4v) is 4.54. The molecule has 0 atom stereocenters. The van der Waals surface area contributed by atoms with E-state index in [9.17, 15) is 14.4 Å². The highest BCUT2D eigenvalue weighted by molar-refractivity contribution is 14.1. The SMILES string of the molecule is CCOc1cc(/C=C2/SC(=O)N(CC(=O)OC)C2=O)cc(I)c1OCc1ccc(Cl)cc1. The maximum Gasteiger partial charge on any atom is 0.325 e. The molecule has 0 bridgehead atoms. The molecule has 0 aromatic heterocycles.